The highest BCUT2D eigenvalue weighted by Crippen LogP contribution is 1.81. The summed E-state index contributed by atoms with van der Waals surface area (Å²) < 4.78 is 0. The van der Waals surface area contributed by atoms with Gasteiger partial charge >= 0.3 is 0 Å². The Labute approximate surface area is 97.4 Å². The number of hydrogen-bond donors (Lipinski definition) is 2. The van der Waals surface area contributed by atoms with Crippen LogP contribution in [0.15, 0.2) is 0 Å². The zero-order valence-electron chi connectivity index (χ0n) is 11.8. The molecule has 0 saturated carbocycles. The summed E-state index contributed by atoms with van der Waals surface area (Å²) in [5.74, 6) is 0. The van der Waals surface area contributed by atoms with Gasteiger partial charge in [-0.05, 0) is 39.3 Å². The SMILES string of the molecule is CCN.CCN(CC)CC.CCNCC. The minimum atomic E-state index is 0.750. The van der Waals surface area contributed by atoms with Crippen molar-refractivity contribution in [2.24, 2.45) is 5.73 Å². The van der Waals surface area contributed by atoms with Gasteiger partial charge in [-0.15, -0.1) is 0 Å². The second-order valence-electron chi connectivity index (χ2n) is 2.98. The van der Waals surface area contributed by atoms with Crippen LogP contribution in [0.1, 0.15) is 41.5 Å². The first-order valence-electron chi connectivity index (χ1n) is 6.31. The number of hydrogen-bond acceptors (Lipinski definition) is 3. The Hall–Kier alpha value is -0.120. The van der Waals surface area contributed by atoms with E-state index in [2.05, 4.69) is 44.8 Å². The molecule has 0 aromatic heterocycles. The van der Waals surface area contributed by atoms with Crippen LogP contribution in [0.2, 0.25) is 0 Å². The number of nitrogens with zero attached hydrogens (tertiary/aromatic N) is 1. The van der Waals surface area contributed by atoms with Crippen LogP contribution in [0.25, 0.3) is 0 Å². The fourth-order valence-electron chi connectivity index (χ4n) is 0.921. The van der Waals surface area contributed by atoms with Crippen LogP contribution in [0.3, 0.4) is 0 Å². The lowest BCUT2D eigenvalue weighted by molar-refractivity contribution is 0.321. The molecule has 0 aliphatic heterocycles. The summed E-state index contributed by atoms with van der Waals surface area (Å²) in [6, 6.07) is 0. The molecule has 0 saturated heterocycles. The largest absolute Gasteiger partial charge is 0.331 e. The Morgan fingerprint density at radius 3 is 1.07 bits per heavy atom. The first-order valence-corrected chi connectivity index (χ1v) is 6.31. The second-order valence-corrected chi connectivity index (χ2v) is 2.98. The molecule has 0 spiro atoms. The Kier molecular flexibility index (Phi) is 31.9. The van der Waals surface area contributed by atoms with Crippen molar-refractivity contribution in [1.82, 2.24) is 10.2 Å². The van der Waals surface area contributed by atoms with Crippen LogP contribution in [0.4, 0.5) is 0 Å². The Morgan fingerprint density at radius 1 is 0.800 bits per heavy atom. The van der Waals surface area contributed by atoms with Gasteiger partial charge in [-0.3, -0.25) is 0 Å². The maximum absolute atomic E-state index is 4.85. The quantitative estimate of drug-likeness (QED) is 0.742. The molecule has 0 bridgehead atoms. The standard InChI is InChI=1S/C6H15N.C4H11N.C2H7N/c1-4-7(5-2)6-3;1-3-5-4-2;1-2-3/h4-6H2,1-3H3;5H,3-4H2,1-2H3;2-3H2,1H3. The minimum absolute atomic E-state index is 0.750. The summed E-state index contributed by atoms with van der Waals surface area (Å²) in [5, 5.41) is 3.11. The maximum Gasteiger partial charge on any atom is -0.00474 e. The first-order chi connectivity index (χ1) is 7.17. The molecule has 0 amide bonds. The van der Waals surface area contributed by atoms with Crippen molar-refractivity contribution in [2.75, 3.05) is 39.3 Å². The predicted molar refractivity (Wildman–Crippen MR) is 72.4 cm³/mol. The van der Waals surface area contributed by atoms with Crippen molar-refractivity contribution in [1.29, 1.82) is 0 Å². The average molecular weight is 219 g/mol. The monoisotopic (exact) mass is 219 g/mol. The minimum Gasteiger partial charge on any atom is -0.331 e. The smallest absolute Gasteiger partial charge is 0.00474 e. The van der Waals surface area contributed by atoms with Crippen LogP contribution in [-0.2, 0) is 0 Å². The molecule has 0 aliphatic rings. The molecule has 0 radical (unpaired) electrons. The lowest BCUT2D eigenvalue weighted by atomic mass is 10.5. The van der Waals surface area contributed by atoms with E-state index >= 15 is 0 Å². The van der Waals surface area contributed by atoms with E-state index in [1.54, 1.807) is 0 Å². The van der Waals surface area contributed by atoms with Gasteiger partial charge < -0.3 is 16.0 Å². The molecule has 0 fully saturated rings. The highest BCUT2D eigenvalue weighted by atomic mass is 15.1. The van der Waals surface area contributed by atoms with E-state index in [-0.39, 0.29) is 0 Å². The van der Waals surface area contributed by atoms with Crippen molar-refractivity contribution in [3.63, 3.8) is 0 Å². The van der Waals surface area contributed by atoms with Gasteiger partial charge in [0.25, 0.3) is 0 Å². The number of nitrogens with one attached hydrogen (secondary N) is 1. The first kappa shape index (κ1) is 20.3. The van der Waals surface area contributed by atoms with Crippen LogP contribution >= 0.6 is 0 Å². The third-order valence-electron chi connectivity index (χ3n) is 1.84. The van der Waals surface area contributed by atoms with Gasteiger partial charge in [0.2, 0.25) is 0 Å². The average Bonchev–Trinajstić information content (AvgIpc) is 2.24. The summed E-state index contributed by atoms with van der Waals surface area (Å²) in [4.78, 5) is 2.38. The lowest BCUT2D eigenvalue weighted by Crippen LogP contribution is -2.21. The maximum atomic E-state index is 4.85. The van der Waals surface area contributed by atoms with E-state index in [1.807, 2.05) is 6.92 Å². The highest BCUT2D eigenvalue weighted by Gasteiger charge is 1.89. The number of nitrogens with two attached hydrogens (primary N) is 1. The normalized spacial score (nSPS) is 8.80. The van der Waals surface area contributed by atoms with Crippen molar-refractivity contribution in [2.45, 2.75) is 41.5 Å². The molecule has 0 aromatic rings. The predicted octanol–water partition coefficient (Wildman–Crippen LogP) is 1.93. The van der Waals surface area contributed by atoms with Crippen molar-refractivity contribution >= 4 is 0 Å². The number of rotatable bonds is 5. The molecule has 3 heteroatoms. The van der Waals surface area contributed by atoms with Crippen molar-refractivity contribution < 1.29 is 0 Å². The van der Waals surface area contributed by atoms with Gasteiger partial charge in [0.05, 0.1) is 0 Å². The van der Waals surface area contributed by atoms with Crippen LogP contribution in [0.5, 0.6) is 0 Å². The fraction of sp³-hybridized carbons (Fsp3) is 1.00. The van der Waals surface area contributed by atoms with E-state index in [9.17, 15) is 0 Å². The molecule has 0 aliphatic carbocycles. The Balaban J connectivity index is -0.000000158. The molecule has 96 valence electrons. The Morgan fingerprint density at radius 2 is 1.07 bits per heavy atom. The van der Waals surface area contributed by atoms with Gasteiger partial charge in [-0.2, -0.15) is 0 Å². The summed E-state index contributed by atoms with van der Waals surface area (Å²) in [6.07, 6.45) is 0. The third-order valence-corrected chi connectivity index (χ3v) is 1.84. The molecular weight excluding hydrogens is 186 g/mol. The second kappa shape index (κ2) is 23.6. The zero-order chi connectivity index (χ0) is 12.5. The fourth-order valence-corrected chi connectivity index (χ4v) is 0.921. The van der Waals surface area contributed by atoms with E-state index in [4.69, 9.17) is 5.73 Å². The van der Waals surface area contributed by atoms with Gasteiger partial charge in [0.1, 0.15) is 0 Å². The molecule has 3 nitrogen and oxygen atoms in total. The molecule has 0 atom stereocenters. The van der Waals surface area contributed by atoms with Gasteiger partial charge in [-0.1, -0.05) is 41.5 Å². The van der Waals surface area contributed by atoms with Gasteiger partial charge in [0.15, 0.2) is 0 Å². The topological polar surface area (TPSA) is 41.3 Å². The highest BCUT2D eigenvalue weighted by molar-refractivity contribution is 4.43. The lowest BCUT2D eigenvalue weighted by Gasteiger charge is -2.13. The van der Waals surface area contributed by atoms with Crippen LogP contribution in [0, 0.1) is 0 Å². The molecule has 0 heterocycles. The third kappa shape index (κ3) is 31.5. The summed E-state index contributed by atoms with van der Waals surface area (Å²) in [7, 11) is 0. The van der Waals surface area contributed by atoms with E-state index in [0.29, 0.717) is 0 Å². The van der Waals surface area contributed by atoms with Crippen molar-refractivity contribution in [3.05, 3.63) is 0 Å². The zero-order valence-corrected chi connectivity index (χ0v) is 11.8. The van der Waals surface area contributed by atoms with Gasteiger partial charge in [-0.25, -0.2) is 0 Å². The van der Waals surface area contributed by atoms with E-state index < -0.39 is 0 Å². The van der Waals surface area contributed by atoms with E-state index in [1.165, 1.54) is 19.6 Å². The molecule has 3 N–H and O–H groups in total. The summed E-state index contributed by atoms with van der Waals surface area (Å²) >= 11 is 0. The molecule has 0 aromatic carbocycles. The Bertz CT molecular complexity index is 65.8. The molecular formula is C12H33N3. The van der Waals surface area contributed by atoms with Crippen molar-refractivity contribution in [3.8, 4) is 0 Å². The summed E-state index contributed by atoms with van der Waals surface area (Å²) in [5.41, 5.74) is 4.85. The molecule has 0 unspecified atom stereocenters. The molecule has 15 heavy (non-hydrogen) atoms. The van der Waals surface area contributed by atoms with Crippen LogP contribution < -0.4 is 11.1 Å². The van der Waals surface area contributed by atoms with E-state index in [0.717, 1.165) is 19.6 Å². The molecule has 0 rings (SSSR count). The van der Waals surface area contributed by atoms with Crippen LogP contribution in [-0.4, -0.2) is 44.2 Å². The summed E-state index contributed by atoms with van der Waals surface area (Å²) in [6.45, 7) is 19.2. The van der Waals surface area contributed by atoms with Gasteiger partial charge in [0, 0.05) is 0 Å².